The minimum atomic E-state index is -2.82. The molecule has 1 saturated carbocycles. The first kappa shape index (κ1) is 20.3. The van der Waals surface area contributed by atoms with Crippen LogP contribution in [0.25, 0.3) is 0 Å². The minimum absolute atomic E-state index is 0.203. The van der Waals surface area contributed by atoms with Crippen LogP contribution >= 0.6 is 0 Å². The summed E-state index contributed by atoms with van der Waals surface area (Å²) in [4.78, 5) is 5.20. The van der Waals surface area contributed by atoms with Gasteiger partial charge in [-0.15, -0.1) is 0 Å². The fourth-order valence-corrected chi connectivity index (χ4v) is 9.35. The minimum Gasteiger partial charge on any atom is -0.401 e. The first-order chi connectivity index (χ1) is 13.8. The van der Waals surface area contributed by atoms with E-state index in [0.717, 1.165) is 16.1 Å². The molecule has 5 nitrogen and oxygen atoms in total. The maximum absolute atomic E-state index is 10.9. The molecular weight excluding hydrogens is 382 g/mol. The lowest BCUT2D eigenvalue weighted by molar-refractivity contribution is -0.0771. The van der Waals surface area contributed by atoms with E-state index in [0.29, 0.717) is 13.0 Å². The van der Waals surface area contributed by atoms with Crippen molar-refractivity contribution in [3.63, 3.8) is 0 Å². The Kier molecular flexibility index (Phi) is 5.37. The molecule has 1 aliphatic carbocycles. The monoisotopic (exact) mass is 411 g/mol. The third-order valence-corrected chi connectivity index (χ3v) is 11.2. The quantitative estimate of drug-likeness (QED) is 0.756. The van der Waals surface area contributed by atoms with Gasteiger partial charge < -0.3 is 19.5 Å². The summed E-state index contributed by atoms with van der Waals surface area (Å²) < 4.78 is 7.00. The number of hydrogen-bond donors (Lipinski definition) is 2. The molecule has 4 atom stereocenters. The summed E-state index contributed by atoms with van der Waals surface area (Å²) in [7, 11) is -2.82. The summed E-state index contributed by atoms with van der Waals surface area (Å²) in [5, 5.41) is 27.8. The van der Waals surface area contributed by atoms with Crippen LogP contribution in [-0.2, 0) is 9.26 Å². The molecule has 0 amide bonds. The standard InChI is InChI=1S/C23H29NO4Si/c1-23(2,3)29(16-10-6-4-7-11-16,17-12-8-5-9-13-17)28-20-14-19-18(15-27-24-19)21(25)22(20)26/h4-13,18,20-22,25-26H,14-15H2,1-3H3. The van der Waals surface area contributed by atoms with E-state index in [1.54, 1.807) is 0 Å². The van der Waals surface area contributed by atoms with Crippen LogP contribution in [0.1, 0.15) is 27.2 Å². The number of aliphatic hydroxyl groups is 2. The molecule has 0 spiro atoms. The summed E-state index contributed by atoms with van der Waals surface area (Å²) >= 11 is 0. The molecule has 2 aromatic rings. The van der Waals surface area contributed by atoms with Gasteiger partial charge in [0.25, 0.3) is 8.32 Å². The van der Waals surface area contributed by atoms with E-state index in [1.165, 1.54) is 0 Å². The molecule has 0 saturated heterocycles. The van der Waals surface area contributed by atoms with Crippen molar-refractivity contribution in [2.45, 2.75) is 50.5 Å². The SMILES string of the molecule is CC(C)(C)[Si](OC1CC2=NOCC2C(O)C1O)(c1ccccc1)c1ccccc1. The summed E-state index contributed by atoms with van der Waals surface area (Å²) in [5.74, 6) is -0.246. The average Bonchev–Trinajstić information content (AvgIpc) is 3.18. The molecule has 0 aromatic heterocycles. The molecule has 2 aliphatic rings. The Morgan fingerprint density at radius 1 is 0.931 bits per heavy atom. The number of oxime groups is 1. The van der Waals surface area contributed by atoms with Crippen molar-refractivity contribution >= 4 is 24.4 Å². The van der Waals surface area contributed by atoms with Crippen molar-refractivity contribution in [2.75, 3.05) is 6.61 Å². The van der Waals surface area contributed by atoms with Gasteiger partial charge in [0.2, 0.25) is 0 Å². The second-order valence-corrected chi connectivity index (χ2v) is 13.2. The van der Waals surface area contributed by atoms with Crippen molar-refractivity contribution in [1.82, 2.24) is 0 Å². The number of fused-ring (bicyclic) bond motifs is 1. The summed E-state index contributed by atoms with van der Waals surface area (Å²) in [5.41, 5.74) is 0.783. The largest absolute Gasteiger partial charge is 0.401 e. The predicted octanol–water partition coefficient (Wildman–Crippen LogP) is 2.06. The van der Waals surface area contributed by atoms with Crippen molar-refractivity contribution in [1.29, 1.82) is 0 Å². The molecule has 4 rings (SSSR count). The summed E-state index contributed by atoms with van der Waals surface area (Å²) in [6.45, 7) is 6.91. The molecule has 29 heavy (non-hydrogen) atoms. The fourth-order valence-electron chi connectivity index (χ4n) is 4.66. The Hall–Kier alpha value is -1.99. The Bertz CT molecular complexity index is 826. The van der Waals surface area contributed by atoms with Crippen molar-refractivity contribution in [3.05, 3.63) is 60.7 Å². The van der Waals surface area contributed by atoms with E-state index in [9.17, 15) is 10.2 Å². The van der Waals surface area contributed by atoms with E-state index >= 15 is 0 Å². The van der Waals surface area contributed by atoms with Crippen LogP contribution in [0, 0.1) is 5.92 Å². The van der Waals surface area contributed by atoms with E-state index in [4.69, 9.17) is 9.26 Å². The van der Waals surface area contributed by atoms with Gasteiger partial charge in [0.05, 0.1) is 23.8 Å². The molecule has 0 radical (unpaired) electrons. The Morgan fingerprint density at radius 2 is 1.48 bits per heavy atom. The zero-order valence-electron chi connectivity index (χ0n) is 17.2. The average molecular weight is 412 g/mol. The maximum atomic E-state index is 10.9. The van der Waals surface area contributed by atoms with Gasteiger partial charge in [0.15, 0.2) is 0 Å². The molecule has 1 heterocycles. The Morgan fingerprint density at radius 3 is 2.00 bits per heavy atom. The number of aliphatic hydroxyl groups excluding tert-OH is 2. The van der Waals surface area contributed by atoms with Crippen molar-refractivity contribution in [2.24, 2.45) is 11.1 Å². The van der Waals surface area contributed by atoms with Crippen LogP contribution in [0.5, 0.6) is 0 Å². The lowest BCUT2D eigenvalue weighted by Crippen LogP contribution is -2.69. The highest BCUT2D eigenvalue weighted by Gasteiger charge is 2.54. The van der Waals surface area contributed by atoms with Crippen LogP contribution in [0.15, 0.2) is 65.8 Å². The highest BCUT2D eigenvalue weighted by molar-refractivity contribution is 6.99. The summed E-state index contributed by atoms with van der Waals surface area (Å²) in [6, 6.07) is 20.6. The van der Waals surface area contributed by atoms with Gasteiger partial charge in [0, 0.05) is 6.42 Å². The normalized spacial score (nSPS) is 27.1. The van der Waals surface area contributed by atoms with Crippen LogP contribution < -0.4 is 10.4 Å². The molecule has 4 unspecified atom stereocenters. The van der Waals surface area contributed by atoms with Gasteiger partial charge in [-0.1, -0.05) is 86.6 Å². The molecule has 6 heteroatoms. The Balaban J connectivity index is 1.83. The van der Waals surface area contributed by atoms with Crippen LogP contribution in [-0.4, -0.2) is 49.2 Å². The van der Waals surface area contributed by atoms with Crippen LogP contribution in [0.2, 0.25) is 5.04 Å². The van der Waals surface area contributed by atoms with Gasteiger partial charge in [-0.3, -0.25) is 0 Å². The molecule has 1 aliphatic heterocycles. The first-order valence-electron chi connectivity index (χ1n) is 10.2. The smallest absolute Gasteiger partial charge is 0.261 e. The molecule has 2 N–H and O–H groups in total. The van der Waals surface area contributed by atoms with Crippen LogP contribution in [0.4, 0.5) is 0 Å². The second-order valence-electron chi connectivity index (χ2n) is 8.99. The first-order valence-corrected chi connectivity index (χ1v) is 12.1. The molecule has 0 bridgehead atoms. The number of hydrogen-bond acceptors (Lipinski definition) is 5. The van der Waals surface area contributed by atoms with Gasteiger partial charge in [-0.05, 0) is 15.4 Å². The van der Waals surface area contributed by atoms with Gasteiger partial charge in [-0.25, -0.2) is 0 Å². The van der Waals surface area contributed by atoms with Gasteiger partial charge in [0.1, 0.15) is 12.7 Å². The molecular formula is C23H29NO4Si. The predicted molar refractivity (Wildman–Crippen MR) is 116 cm³/mol. The lowest BCUT2D eigenvalue weighted by Gasteiger charge is -2.47. The zero-order chi connectivity index (χ0) is 20.6. The maximum Gasteiger partial charge on any atom is 0.261 e. The molecule has 154 valence electrons. The Labute approximate surface area is 173 Å². The third kappa shape index (κ3) is 3.44. The zero-order valence-corrected chi connectivity index (χ0v) is 18.2. The highest BCUT2D eigenvalue weighted by Crippen LogP contribution is 2.40. The number of rotatable bonds is 4. The second kappa shape index (κ2) is 7.68. The topological polar surface area (TPSA) is 71.3 Å². The highest BCUT2D eigenvalue weighted by atomic mass is 28.4. The van der Waals surface area contributed by atoms with Crippen molar-refractivity contribution < 1.29 is 19.5 Å². The van der Waals surface area contributed by atoms with E-state index in [2.05, 4.69) is 50.2 Å². The van der Waals surface area contributed by atoms with E-state index in [-0.39, 0.29) is 11.0 Å². The molecule has 2 aromatic carbocycles. The lowest BCUT2D eigenvalue weighted by atomic mass is 9.82. The number of nitrogens with zero attached hydrogens (tertiary/aromatic N) is 1. The fraction of sp³-hybridized carbons (Fsp3) is 0.435. The third-order valence-electron chi connectivity index (χ3n) is 6.16. The molecule has 1 fully saturated rings. The van der Waals surface area contributed by atoms with Gasteiger partial charge in [-0.2, -0.15) is 0 Å². The van der Waals surface area contributed by atoms with E-state index in [1.807, 2.05) is 36.4 Å². The van der Waals surface area contributed by atoms with E-state index < -0.39 is 26.6 Å². The summed E-state index contributed by atoms with van der Waals surface area (Å²) in [6.07, 6.45) is -2.00. The number of benzene rings is 2. The van der Waals surface area contributed by atoms with Gasteiger partial charge >= 0.3 is 0 Å². The van der Waals surface area contributed by atoms with Crippen LogP contribution in [0.3, 0.4) is 0 Å². The van der Waals surface area contributed by atoms with Crippen molar-refractivity contribution in [3.8, 4) is 0 Å².